The third kappa shape index (κ3) is 2.20. The Morgan fingerprint density at radius 1 is 0.938 bits per heavy atom. The van der Waals surface area contributed by atoms with Gasteiger partial charge in [-0.2, -0.15) is 0 Å². The summed E-state index contributed by atoms with van der Waals surface area (Å²) in [6.07, 6.45) is 8.08. The van der Waals surface area contributed by atoms with Crippen molar-refractivity contribution in [2.24, 2.45) is 4.99 Å². The maximum Gasteiger partial charge on any atom is 0.317 e. The highest BCUT2D eigenvalue weighted by Crippen LogP contribution is 1.86. The summed E-state index contributed by atoms with van der Waals surface area (Å²) in [6.45, 7) is 0. The number of rotatable bonds is 0. The Labute approximate surface area is 92.1 Å². The molecule has 0 saturated heterocycles. The van der Waals surface area contributed by atoms with Crippen LogP contribution >= 0.6 is 0 Å². The van der Waals surface area contributed by atoms with Crippen LogP contribution < -0.4 is 10.6 Å². The molecule has 1 aliphatic rings. The number of nitrogens with zero attached hydrogens (tertiary/aromatic N) is 1. The second kappa shape index (κ2) is 4.49. The van der Waals surface area contributed by atoms with Crippen LogP contribution in [0.1, 0.15) is 0 Å². The fourth-order valence-corrected chi connectivity index (χ4v) is 1.33. The molecule has 0 saturated carbocycles. The number of benzene rings is 1. The van der Waals surface area contributed by atoms with Gasteiger partial charge in [0, 0.05) is 5.22 Å². The Morgan fingerprint density at radius 2 is 1.75 bits per heavy atom. The van der Waals surface area contributed by atoms with Gasteiger partial charge >= 0.3 is 5.91 Å². The van der Waals surface area contributed by atoms with E-state index in [-0.39, 0.29) is 0 Å². The van der Waals surface area contributed by atoms with Gasteiger partial charge in [-0.05, 0) is 12.1 Å². The largest absolute Gasteiger partial charge is 0.317 e. The zero-order valence-corrected chi connectivity index (χ0v) is 8.46. The molecular formula is C13H9NO2. The van der Waals surface area contributed by atoms with Gasteiger partial charge in [-0.15, -0.1) is 0 Å². The van der Waals surface area contributed by atoms with E-state index in [9.17, 15) is 9.59 Å². The smallest absolute Gasteiger partial charge is 0.284 e. The van der Waals surface area contributed by atoms with E-state index in [0.717, 1.165) is 5.22 Å². The lowest BCUT2D eigenvalue weighted by Gasteiger charge is -1.91. The Bertz CT molecular complexity index is 609. The van der Waals surface area contributed by atoms with Crippen molar-refractivity contribution in [1.82, 2.24) is 0 Å². The van der Waals surface area contributed by atoms with Crippen molar-refractivity contribution in [2.45, 2.75) is 0 Å². The number of carbonyl (C=O) groups excluding carboxylic acids is 2. The Kier molecular flexibility index (Phi) is 2.87. The summed E-state index contributed by atoms with van der Waals surface area (Å²) in [6, 6.07) is 7.17. The number of fused-ring (bicyclic) bond motifs is 1. The molecule has 3 nitrogen and oxygen atoms in total. The Morgan fingerprint density at radius 3 is 2.62 bits per heavy atom. The molecule has 1 aromatic rings. The summed E-state index contributed by atoms with van der Waals surface area (Å²) < 4.78 is 0. The third-order valence-electron chi connectivity index (χ3n) is 2.12. The SMILES string of the molecule is O=C1C=CC=CC=c2ccccc2=NC1=O. The summed E-state index contributed by atoms with van der Waals surface area (Å²) in [5, 5.41) is 1.33. The van der Waals surface area contributed by atoms with Gasteiger partial charge in [0.05, 0.1) is 5.36 Å². The monoisotopic (exact) mass is 211 g/mol. The quantitative estimate of drug-likeness (QED) is 0.580. The van der Waals surface area contributed by atoms with Gasteiger partial charge in [-0.25, -0.2) is 4.99 Å². The third-order valence-corrected chi connectivity index (χ3v) is 2.12. The van der Waals surface area contributed by atoms with Crippen molar-refractivity contribution in [3.8, 4) is 0 Å². The number of amides is 1. The zero-order valence-electron chi connectivity index (χ0n) is 8.46. The molecule has 0 aromatic heterocycles. The van der Waals surface area contributed by atoms with Crippen LogP contribution in [0.3, 0.4) is 0 Å². The number of hydrogen-bond donors (Lipinski definition) is 0. The summed E-state index contributed by atoms with van der Waals surface area (Å²) in [7, 11) is 0. The summed E-state index contributed by atoms with van der Waals surface area (Å²) in [4.78, 5) is 26.4. The van der Waals surface area contributed by atoms with Crippen LogP contribution in [-0.2, 0) is 9.59 Å². The minimum absolute atomic E-state index is 0.515. The minimum atomic E-state index is -0.743. The molecule has 78 valence electrons. The summed E-state index contributed by atoms with van der Waals surface area (Å²) in [5.74, 6) is -1.35. The van der Waals surface area contributed by atoms with Crippen LogP contribution in [0.25, 0.3) is 6.08 Å². The van der Waals surface area contributed by atoms with Crippen LogP contribution in [0.15, 0.2) is 53.6 Å². The second-order valence-corrected chi connectivity index (χ2v) is 3.25. The van der Waals surface area contributed by atoms with Crippen molar-refractivity contribution < 1.29 is 9.59 Å². The topological polar surface area (TPSA) is 46.5 Å². The van der Waals surface area contributed by atoms with Crippen molar-refractivity contribution >= 4 is 17.8 Å². The van der Waals surface area contributed by atoms with Crippen molar-refractivity contribution in [2.75, 3.05) is 0 Å². The summed E-state index contributed by atoms with van der Waals surface area (Å²) >= 11 is 0. The van der Waals surface area contributed by atoms with E-state index in [2.05, 4.69) is 4.99 Å². The molecule has 0 bridgehead atoms. The van der Waals surface area contributed by atoms with Gasteiger partial charge in [-0.1, -0.05) is 42.5 Å². The predicted molar refractivity (Wildman–Crippen MR) is 60.0 cm³/mol. The Balaban J connectivity index is 2.71. The van der Waals surface area contributed by atoms with Crippen LogP contribution in [0, 0.1) is 0 Å². The van der Waals surface area contributed by atoms with Crippen molar-refractivity contribution in [1.29, 1.82) is 0 Å². The first kappa shape index (κ1) is 10.2. The first-order valence-electron chi connectivity index (χ1n) is 4.84. The average molecular weight is 211 g/mol. The molecule has 0 spiro atoms. The molecule has 0 aliphatic carbocycles. The summed E-state index contributed by atoms with van der Waals surface area (Å²) in [5.41, 5.74) is 0. The standard InChI is InChI=1S/C13H9NO2/c15-12-9-3-1-2-6-10-7-4-5-8-11(10)14-13(12)16/h1-9H. The molecule has 1 heterocycles. The highest BCUT2D eigenvalue weighted by molar-refractivity contribution is 6.41. The molecule has 0 atom stereocenters. The van der Waals surface area contributed by atoms with Crippen LogP contribution in [0.4, 0.5) is 0 Å². The van der Waals surface area contributed by atoms with E-state index in [1.807, 2.05) is 18.2 Å². The van der Waals surface area contributed by atoms with E-state index in [1.54, 1.807) is 24.3 Å². The van der Waals surface area contributed by atoms with Crippen LogP contribution in [-0.4, -0.2) is 11.7 Å². The molecule has 1 aliphatic heterocycles. The van der Waals surface area contributed by atoms with Gasteiger partial charge in [0.1, 0.15) is 0 Å². The van der Waals surface area contributed by atoms with Gasteiger partial charge < -0.3 is 0 Å². The van der Waals surface area contributed by atoms with Gasteiger partial charge in [-0.3, -0.25) is 9.59 Å². The average Bonchev–Trinajstić information content (AvgIpc) is 2.30. The molecular weight excluding hydrogens is 202 g/mol. The number of para-hydroxylation sites is 1. The van der Waals surface area contributed by atoms with E-state index < -0.39 is 11.7 Å². The molecule has 0 fully saturated rings. The number of hydrogen-bond acceptors (Lipinski definition) is 2. The van der Waals surface area contributed by atoms with Crippen molar-refractivity contribution in [3.63, 3.8) is 0 Å². The maximum atomic E-state index is 11.4. The number of allylic oxidation sites excluding steroid dienone is 3. The fourth-order valence-electron chi connectivity index (χ4n) is 1.33. The first-order valence-corrected chi connectivity index (χ1v) is 4.84. The van der Waals surface area contributed by atoms with Gasteiger partial charge in [0.15, 0.2) is 0 Å². The first-order chi connectivity index (χ1) is 7.77. The van der Waals surface area contributed by atoms with E-state index in [0.29, 0.717) is 5.36 Å². The molecule has 0 unspecified atom stereocenters. The van der Waals surface area contributed by atoms with E-state index in [1.165, 1.54) is 12.2 Å². The molecule has 0 radical (unpaired) electrons. The van der Waals surface area contributed by atoms with Crippen molar-refractivity contribution in [3.05, 3.63) is 59.1 Å². The van der Waals surface area contributed by atoms with Crippen LogP contribution in [0.2, 0.25) is 0 Å². The second-order valence-electron chi connectivity index (χ2n) is 3.25. The van der Waals surface area contributed by atoms with Crippen LogP contribution in [0.5, 0.6) is 0 Å². The zero-order chi connectivity index (χ0) is 11.4. The normalized spacial score (nSPS) is 15.0. The van der Waals surface area contributed by atoms with Gasteiger partial charge in [0.25, 0.3) is 0 Å². The lowest BCUT2D eigenvalue weighted by atomic mass is 10.2. The highest BCUT2D eigenvalue weighted by atomic mass is 16.2. The lowest BCUT2D eigenvalue weighted by Crippen LogP contribution is -2.27. The predicted octanol–water partition coefficient (Wildman–Crippen LogP) is 0.308. The van der Waals surface area contributed by atoms with Gasteiger partial charge in [0.2, 0.25) is 5.78 Å². The number of carbonyl (C=O) groups is 2. The van der Waals surface area contributed by atoms with E-state index >= 15 is 0 Å². The molecule has 16 heavy (non-hydrogen) atoms. The molecule has 1 amide bonds. The molecule has 1 aromatic carbocycles. The molecule has 3 heteroatoms. The molecule has 0 N–H and O–H groups in total. The Hall–Kier alpha value is -2.29. The lowest BCUT2D eigenvalue weighted by molar-refractivity contribution is -0.133. The highest BCUT2D eigenvalue weighted by Gasteiger charge is 2.07. The molecule has 2 rings (SSSR count). The maximum absolute atomic E-state index is 11.4. The van der Waals surface area contributed by atoms with E-state index in [4.69, 9.17) is 0 Å². The number of ketones is 1. The fraction of sp³-hybridized carbons (Fsp3) is 0. The minimum Gasteiger partial charge on any atom is -0.284 e.